The molecule has 0 aromatic carbocycles. The van der Waals surface area contributed by atoms with Gasteiger partial charge < -0.3 is 19.6 Å². The van der Waals surface area contributed by atoms with Crippen molar-refractivity contribution in [3.05, 3.63) is 16.9 Å². The van der Waals surface area contributed by atoms with Crippen LogP contribution < -0.4 is 4.90 Å². The molecule has 2 heterocycles. The first-order valence-corrected chi connectivity index (χ1v) is 8.43. The van der Waals surface area contributed by atoms with Gasteiger partial charge in [0.1, 0.15) is 5.60 Å². The predicted octanol–water partition coefficient (Wildman–Crippen LogP) is 2.66. The van der Waals surface area contributed by atoms with Gasteiger partial charge >= 0.3 is 12.1 Å². The molecule has 8 nitrogen and oxygen atoms in total. The summed E-state index contributed by atoms with van der Waals surface area (Å²) in [4.78, 5) is 27.0. The van der Waals surface area contributed by atoms with Crippen LogP contribution in [-0.4, -0.2) is 64.0 Å². The molecule has 1 N–H and O–H groups in total. The fourth-order valence-corrected chi connectivity index (χ4v) is 2.88. The number of ether oxygens (including phenoxy) is 1. The molecule has 1 saturated heterocycles. The lowest BCUT2D eigenvalue weighted by atomic mass is 10.0. The van der Waals surface area contributed by atoms with Crippen LogP contribution in [-0.2, 0) is 4.74 Å². The molecule has 1 aromatic heterocycles. The largest absolute Gasteiger partial charge is 0.476 e. The summed E-state index contributed by atoms with van der Waals surface area (Å²) < 4.78 is 5.38. The van der Waals surface area contributed by atoms with E-state index in [1.54, 1.807) is 11.9 Å². The number of aromatic nitrogens is 2. The second-order valence-electron chi connectivity index (χ2n) is 7.02. The smallest absolute Gasteiger partial charge is 0.410 e. The second-order valence-corrected chi connectivity index (χ2v) is 7.40. The number of aromatic carboxylic acids is 1. The molecule has 1 aromatic rings. The van der Waals surface area contributed by atoms with Gasteiger partial charge in [-0.25, -0.2) is 9.59 Å². The van der Waals surface area contributed by atoms with Crippen molar-refractivity contribution in [2.24, 2.45) is 0 Å². The fourth-order valence-electron chi connectivity index (χ4n) is 2.74. The van der Waals surface area contributed by atoms with Crippen LogP contribution >= 0.6 is 11.6 Å². The Morgan fingerprint density at radius 1 is 1.32 bits per heavy atom. The third-order valence-corrected chi connectivity index (χ3v) is 4.18. The number of halogens is 1. The second kappa shape index (κ2) is 7.43. The maximum absolute atomic E-state index is 12.1. The van der Waals surface area contributed by atoms with E-state index < -0.39 is 11.6 Å². The number of carboxylic acids is 1. The van der Waals surface area contributed by atoms with Crippen LogP contribution in [0.5, 0.6) is 0 Å². The number of hydrogen-bond acceptors (Lipinski definition) is 6. The molecular formula is C16H23ClN4O4. The Bertz CT molecular complexity index is 654. The molecule has 138 valence electrons. The van der Waals surface area contributed by atoms with Crippen LogP contribution in [0, 0.1) is 0 Å². The standard InChI is InChI=1S/C16H23ClN4O4/c1-16(2,3)25-15(24)21-7-5-10(6-8-21)20(4)11-9-12(17)18-19-13(11)14(22)23/h9-10H,5-8H2,1-4H3,(H,22,23). The Labute approximate surface area is 151 Å². The van der Waals surface area contributed by atoms with Gasteiger partial charge in [0.15, 0.2) is 10.8 Å². The molecular weight excluding hydrogens is 348 g/mol. The summed E-state index contributed by atoms with van der Waals surface area (Å²) in [6, 6.07) is 1.56. The van der Waals surface area contributed by atoms with Crippen LogP contribution in [0.3, 0.4) is 0 Å². The number of carbonyl (C=O) groups is 2. The molecule has 0 saturated carbocycles. The minimum Gasteiger partial charge on any atom is -0.476 e. The zero-order valence-corrected chi connectivity index (χ0v) is 15.6. The predicted molar refractivity (Wildman–Crippen MR) is 93.2 cm³/mol. The highest BCUT2D eigenvalue weighted by Crippen LogP contribution is 2.26. The van der Waals surface area contributed by atoms with Crippen LogP contribution in [0.2, 0.25) is 5.15 Å². The maximum Gasteiger partial charge on any atom is 0.410 e. The number of amides is 1. The molecule has 0 bridgehead atoms. The lowest BCUT2D eigenvalue weighted by Crippen LogP contribution is -2.47. The molecule has 25 heavy (non-hydrogen) atoms. The molecule has 0 unspecified atom stereocenters. The highest BCUT2D eigenvalue weighted by molar-refractivity contribution is 6.29. The molecule has 0 spiro atoms. The van der Waals surface area contributed by atoms with E-state index in [1.165, 1.54) is 6.07 Å². The maximum atomic E-state index is 12.1. The van der Waals surface area contributed by atoms with E-state index in [4.69, 9.17) is 16.3 Å². The molecule has 2 rings (SSSR count). The van der Waals surface area contributed by atoms with Gasteiger partial charge in [0.05, 0.1) is 5.69 Å². The summed E-state index contributed by atoms with van der Waals surface area (Å²) in [5, 5.41) is 16.7. The average Bonchev–Trinajstić information content (AvgIpc) is 2.52. The fraction of sp³-hybridized carbons (Fsp3) is 0.625. The third kappa shape index (κ3) is 4.94. The van der Waals surface area contributed by atoms with Crippen molar-refractivity contribution in [2.45, 2.75) is 45.3 Å². The normalized spacial score (nSPS) is 15.8. The number of piperidine rings is 1. The number of nitrogens with zero attached hydrogens (tertiary/aromatic N) is 4. The van der Waals surface area contributed by atoms with Crippen LogP contribution in [0.15, 0.2) is 6.07 Å². The van der Waals surface area contributed by atoms with Crippen molar-refractivity contribution in [3.8, 4) is 0 Å². The first-order chi connectivity index (χ1) is 11.6. The van der Waals surface area contributed by atoms with Gasteiger partial charge in [-0.2, -0.15) is 0 Å². The van der Waals surface area contributed by atoms with Gasteiger partial charge in [0, 0.05) is 32.2 Å². The SMILES string of the molecule is CN(c1cc(Cl)nnc1C(=O)O)C1CCN(C(=O)OC(C)(C)C)CC1. The Morgan fingerprint density at radius 3 is 2.44 bits per heavy atom. The summed E-state index contributed by atoms with van der Waals surface area (Å²) in [6.45, 7) is 6.58. The van der Waals surface area contributed by atoms with Crippen molar-refractivity contribution in [3.63, 3.8) is 0 Å². The number of rotatable bonds is 3. The van der Waals surface area contributed by atoms with E-state index in [0.717, 1.165) is 0 Å². The number of carboxylic acid groups (broad SMARTS) is 1. The first kappa shape index (κ1) is 19.2. The summed E-state index contributed by atoms with van der Waals surface area (Å²) in [6.07, 6.45) is 1.05. The Hall–Kier alpha value is -2.09. The first-order valence-electron chi connectivity index (χ1n) is 8.06. The van der Waals surface area contributed by atoms with Gasteiger partial charge in [0.25, 0.3) is 0 Å². The summed E-state index contributed by atoms with van der Waals surface area (Å²) in [5.74, 6) is -1.16. The van der Waals surface area contributed by atoms with Crippen molar-refractivity contribution in [1.29, 1.82) is 0 Å². The quantitative estimate of drug-likeness (QED) is 0.873. The number of hydrogen-bond donors (Lipinski definition) is 1. The average molecular weight is 371 g/mol. The molecule has 0 radical (unpaired) electrons. The lowest BCUT2D eigenvalue weighted by Gasteiger charge is -2.38. The number of likely N-dealkylation sites (tertiary alicyclic amines) is 1. The highest BCUT2D eigenvalue weighted by atomic mass is 35.5. The van der Waals surface area contributed by atoms with Crippen molar-refractivity contribution in [2.75, 3.05) is 25.0 Å². The Kier molecular flexibility index (Phi) is 5.72. The van der Waals surface area contributed by atoms with Crippen LogP contribution in [0.25, 0.3) is 0 Å². The Morgan fingerprint density at radius 2 is 1.92 bits per heavy atom. The lowest BCUT2D eigenvalue weighted by molar-refractivity contribution is 0.0205. The molecule has 0 aliphatic carbocycles. The monoisotopic (exact) mass is 370 g/mol. The minimum atomic E-state index is -1.16. The van der Waals surface area contributed by atoms with Gasteiger partial charge in [0.2, 0.25) is 0 Å². The molecule has 0 atom stereocenters. The van der Waals surface area contributed by atoms with E-state index in [0.29, 0.717) is 31.6 Å². The highest BCUT2D eigenvalue weighted by Gasteiger charge is 2.30. The summed E-state index contributed by atoms with van der Waals surface area (Å²) in [5.41, 5.74) is -0.245. The van der Waals surface area contributed by atoms with Crippen LogP contribution in [0.1, 0.15) is 44.1 Å². The topological polar surface area (TPSA) is 95.9 Å². The Balaban J connectivity index is 2.05. The van der Waals surface area contributed by atoms with Crippen molar-refractivity contribution >= 4 is 29.4 Å². The zero-order chi connectivity index (χ0) is 18.8. The van der Waals surface area contributed by atoms with E-state index in [1.807, 2.05) is 25.7 Å². The van der Waals surface area contributed by atoms with Crippen molar-refractivity contribution < 1.29 is 19.4 Å². The summed E-state index contributed by atoms with van der Waals surface area (Å²) in [7, 11) is 1.80. The van der Waals surface area contributed by atoms with Gasteiger partial charge in [-0.05, 0) is 33.6 Å². The van der Waals surface area contributed by atoms with Crippen LogP contribution in [0.4, 0.5) is 10.5 Å². The molecule has 1 aliphatic rings. The molecule has 1 amide bonds. The van der Waals surface area contributed by atoms with E-state index in [-0.39, 0.29) is 23.0 Å². The van der Waals surface area contributed by atoms with Gasteiger partial charge in [-0.1, -0.05) is 11.6 Å². The van der Waals surface area contributed by atoms with E-state index in [9.17, 15) is 14.7 Å². The molecule has 1 fully saturated rings. The van der Waals surface area contributed by atoms with E-state index >= 15 is 0 Å². The van der Waals surface area contributed by atoms with E-state index in [2.05, 4.69) is 10.2 Å². The summed E-state index contributed by atoms with van der Waals surface area (Å²) >= 11 is 5.87. The van der Waals surface area contributed by atoms with Crippen molar-refractivity contribution in [1.82, 2.24) is 15.1 Å². The van der Waals surface area contributed by atoms with Gasteiger partial charge in [-0.15, -0.1) is 10.2 Å². The molecule has 9 heteroatoms. The molecule has 1 aliphatic heterocycles. The van der Waals surface area contributed by atoms with Gasteiger partial charge in [-0.3, -0.25) is 0 Å². The minimum absolute atomic E-state index is 0.0667. The number of anilines is 1. The number of carbonyl (C=O) groups excluding carboxylic acids is 1. The third-order valence-electron chi connectivity index (χ3n) is 3.99. The zero-order valence-electron chi connectivity index (χ0n) is 14.8.